The average molecular weight is 485 g/mol. The maximum atomic E-state index is 13.0. The summed E-state index contributed by atoms with van der Waals surface area (Å²) in [6.45, 7) is 5.42. The van der Waals surface area contributed by atoms with Gasteiger partial charge in [0.15, 0.2) is 0 Å². The van der Waals surface area contributed by atoms with Crippen LogP contribution in [0.2, 0.25) is 10.5 Å². The average Bonchev–Trinajstić information content (AvgIpc) is 3.43. The number of amides is 1. The van der Waals surface area contributed by atoms with E-state index < -0.39 is 16.8 Å². The minimum atomic E-state index is -2.67. The number of hydrogen-bond donors (Lipinski definition) is 2. The standard InChI is InChI=1S/C13H10N.C7H13NO.C5H8.2CH3.H4Si.Ti/c1-2-4-11-8-13(7-10(11)3-1)12-5-6-14-9-12;8-7(9)6-4-2-1-3-5-6;1-3-5-4-2;;;;/h1-9,14H;6H,1-5H2,(H2,8,9);3-5H,1H2,2H3;2*1H3;1H4;/q;;;;;;+1/p-1. The van der Waals surface area contributed by atoms with Crippen molar-refractivity contribution in [3.05, 3.63) is 84.2 Å². The van der Waals surface area contributed by atoms with Crippen LogP contribution in [0, 0.1) is 5.92 Å². The van der Waals surface area contributed by atoms with Gasteiger partial charge in [-0.25, -0.2) is 0 Å². The van der Waals surface area contributed by atoms with E-state index in [2.05, 4.69) is 68.4 Å². The SMILES string of the molecule is C=CC=CC.[CH3][Ti]([CH3])([NH]C(=O)C1CCCCC1)[CH]1C(c2cc[nH]c2)=Cc2ccccc21.[SiH4]. The summed E-state index contributed by atoms with van der Waals surface area (Å²) in [6, 6.07) is 10.8. The normalized spacial score (nSPS) is 18.1. The molecule has 0 aliphatic heterocycles. The van der Waals surface area contributed by atoms with Gasteiger partial charge >= 0.3 is 160 Å². The second-order valence-electron chi connectivity index (χ2n) is 9.07. The molecule has 1 atom stereocenters. The van der Waals surface area contributed by atoms with Crippen LogP contribution in [0.4, 0.5) is 0 Å². The van der Waals surface area contributed by atoms with Gasteiger partial charge in [-0.2, -0.15) is 0 Å². The van der Waals surface area contributed by atoms with Gasteiger partial charge in [-0.1, -0.05) is 24.8 Å². The van der Waals surface area contributed by atoms with Crippen molar-refractivity contribution in [2.75, 3.05) is 0 Å². The molecule has 2 aromatic rings. The van der Waals surface area contributed by atoms with Gasteiger partial charge in [0.05, 0.1) is 0 Å². The molecule has 0 radical (unpaired) electrons. The Kier molecular flexibility index (Phi) is 10.2. The number of nitrogens with one attached hydrogen (secondary N) is 2. The van der Waals surface area contributed by atoms with Gasteiger partial charge in [0.1, 0.15) is 0 Å². The number of rotatable bonds is 5. The first-order valence-corrected chi connectivity index (χ1v) is 16.3. The summed E-state index contributed by atoms with van der Waals surface area (Å²) in [5.74, 6) is 0.539. The second kappa shape index (κ2) is 12.4. The van der Waals surface area contributed by atoms with E-state index in [0.29, 0.717) is 10.1 Å². The molecule has 4 rings (SSSR count). The van der Waals surface area contributed by atoms with Gasteiger partial charge in [-0.15, -0.1) is 0 Å². The van der Waals surface area contributed by atoms with Crippen LogP contribution in [0.1, 0.15) is 59.9 Å². The van der Waals surface area contributed by atoms with E-state index in [-0.39, 0.29) is 16.9 Å². The van der Waals surface area contributed by atoms with Crippen molar-refractivity contribution in [1.82, 2.24) is 8.78 Å². The van der Waals surface area contributed by atoms with E-state index in [1.807, 2.05) is 25.3 Å². The maximum Gasteiger partial charge on any atom is -0.0149 e. The molecule has 0 spiro atoms. The van der Waals surface area contributed by atoms with Crippen LogP contribution < -0.4 is 3.80 Å². The zero-order valence-corrected chi connectivity index (χ0v) is 20.7. The van der Waals surface area contributed by atoms with Crippen molar-refractivity contribution in [2.24, 2.45) is 5.92 Å². The van der Waals surface area contributed by atoms with Crippen LogP contribution >= 0.6 is 0 Å². The summed E-state index contributed by atoms with van der Waals surface area (Å²) >= 11 is -2.67. The van der Waals surface area contributed by atoms with Crippen molar-refractivity contribution in [2.45, 2.75) is 53.7 Å². The Morgan fingerprint density at radius 2 is 1.88 bits per heavy atom. The Morgan fingerprint density at radius 3 is 2.47 bits per heavy atom. The minimum Gasteiger partial charge on any atom is -0.0149 e. The molecule has 2 aliphatic rings. The zero-order valence-electron chi connectivity index (χ0n) is 19.2. The maximum absolute atomic E-state index is 13.0. The summed E-state index contributed by atoms with van der Waals surface area (Å²) in [5, 5.41) is 4.71. The first-order chi connectivity index (χ1) is 15.0. The van der Waals surface area contributed by atoms with Crippen LogP contribution in [0.15, 0.2) is 67.5 Å². The van der Waals surface area contributed by atoms with Crippen molar-refractivity contribution in [3.8, 4) is 0 Å². The summed E-state index contributed by atoms with van der Waals surface area (Å²) < 4.78 is 3.94. The zero-order chi connectivity index (χ0) is 22.3. The molecule has 0 saturated heterocycles. The fraction of sp³-hybridized carbons (Fsp3) is 0.370. The van der Waals surface area contributed by atoms with Gasteiger partial charge < -0.3 is 0 Å². The first kappa shape index (κ1) is 26.4. The Morgan fingerprint density at radius 1 is 1.16 bits per heavy atom. The summed E-state index contributed by atoms with van der Waals surface area (Å²) in [5.41, 5.74) is 5.30. The van der Waals surface area contributed by atoms with Gasteiger partial charge in [0, 0.05) is 0 Å². The second-order valence-corrected chi connectivity index (χ2v) is 15.7. The predicted molar refractivity (Wildman–Crippen MR) is 141 cm³/mol. The molecule has 0 bridgehead atoms. The molecule has 1 unspecified atom stereocenters. The quantitative estimate of drug-likeness (QED) is 0.411. The first-order valence-electron chi connectivity index (χ1n) is 11.5. The Hall–Kier alpha value is -1.88. The topological polar surface area (TPSA) is 44.9 Å². The van der Waals surface area contributed by atoms with E-state index >= 15 is 0 Å². The number of benzene rings is 1. The van der Waals surface area contributed by atoms with E-state index in [1.165, 1.54) is 41.5 Å². The molecule has 1 aromatic heterocycles. The number of allylic oxidation sites excluding steroid dienone is 4. The number of fused-ring (bicyclic) bond motifs is 1. The monoisotopic (exact) mass is 484 g/mol. The number of carbonyl (C=O) groups excluding carboxylic acids is 1. The number of H-pyrrole nitrogens is 1. The number of aromatic amines is 1. The van der Waals surface area contributed by atoms with Crippen molar-refractivity contribution in [1.29, 1.82) is 0 Å². The molecule has 1 aromatic carbocycles. The van der Waals surface area contributed by atoms with Crippen LogP contribution in [0.3, 0.4) is 0 Å². The molecular weight excluding hydrogens is 444 g/mol. The summed E-state index contributed by atoms with van der Waals surface area (Å²) in [4.78, 5) is 16.2. The van der Waals surface area contributed by atoms with E-state index in [0.717, 1.165) is 12.8 Å². The molecule has 1 amide bonds. The number of aromatic nitrogens is 1. The molecule has 2 N–H and O–H groups in total. The van der Waals surface area contributed by atoms with E-state index in [4.69, 9.17) is 0 Å². The smallest absolute Gasteiger partial charge is 0.0149 e. The van der Waals surface area contributed by atoms with Crippen molar-refractivity contribution in [3.63, 3.8) is 0 Å². The molecule has 1 saturated carbocycles. The molecular formula is C27H40N2OSiTi. The summed E-state index contributed by atoms with van der Waals surface area (Å²) in [7, 11) is 0. The van der Waals surface area contributed by atoms with Crippen molar-refractivity contribution >= 4 is 28.5 Å². The third-order valence-corrected chi connectivity index (χ3v) is 10.9. The number of hydrogen-bond acceptors (Lipinski definition) is 1. The van der Waals surface area contributed by atoms with Gasteiger partial charge in [0.25, 0.3) is 0 Å². The Labute approximate surface area is 202 Å². The molecule has 5 heteroatoms. The van der Waals surface area contributed by atoms with Gasteiger partial charge in [-0.05, 0) is 17.9 Å². The molecule has 1 fully saturated rings. The number of carbonyl (C=O) groups is 1. The minimum absolute atomic E-state index is 0. The molecule has 1 heterocycles. The summed E-state index contributed by atoms with van der Waals surface area (Å²) in [6.07, 6.45) is 17.8. The largest absolute Gasteiger partial charge is 0.0149 e. The van der Waals surface area contributed by atoms with E-state index in [1.54, 1.807) is 6.08 Å². The van der Waals surface area contributed by atoms with E-state index in [9.17, 15) is 4.79 Å². The molecule has 172 valence electrons. The predicted octanol–water partition coefficient (Wildman–Crippen LogP) is 5.77. The van der Waals surface area contributed by atoms with Crippen LogP contribution in [-0.4, -0.2) is 21.9 Å². The fourth-order valence-electron chi connectivity index (χ4n) is 4.85. The molecule has 2 aliphatic carbocycles. The molecule has 3 nitrogen and oxygen atoms in total. The third-order valence-electron chi connectivity index (χ3n) is 6.33. The van der Waals surface area contributed by atoms with Gasteiger partial charge in [0.2, 0.25) is 0 Å². The Balaban J connectivity index is 0.000000548. The van der Waals surface area contributed by atoms with Crippen LogP contribution in [-0.2, 0) is 21.6 Å². The van der Waals surface area contributed by atoms with Crippen molar-refractivity contribution < 1.29 is 21.6 Å². The molecule has 32 heavy (non-hydrogen) atoms. The fourth-order valence-corrected chi connectivity index (χ4v) is 9.61. The van der Waals surface area contributed by atoms with Gasteiger partial charge in [-0.3, -0.25) is 0 Å². The van der Waals surface area contributed by atoms with Crippen LogP contribution in [0.5, 0.6) is 0 Å². The Bertz CT molecular complexity index is 940. The third kappa shape index (κ3) is 6.34. The van der Waals surface area contributed by atoms with Crippen LogP contribution in [0.25, 0.3) is 11.6 Å².